The molecule has 0 amide bonds. The van der Waals surface area contributed by atoms with Crippen molar-refractivity contribution >= 4 is 5.82 Å². The van der Waals surface area contributed by atoms with Crippen molar-refractivity contribution in [2.24, 2.45) is 7.05 Å². The molecule has 2 rings (SSSR count). The quantitative estimate of drug-likeness (QED) is 0.719. The Bertz CT molecular complexity index is 440. The number of nitrogen functional groups attached to an aromatic ring is 1. The van der Waals surface area contributed by atoms with Crippen LogP contribution >= 0.6 is 0 Å². The largest absolute Gasteiger partial charge is 0.384 e. The number of hydrogen-bond acceptors (Lipinski definition) is 4. The lowest BCUT2D eigenvalue weighted by molar-refractivity contribution is 0.781. The zero-order valence-electron chi connectivity index (χ0n) is 8.10. The first kappa shape index (κ1) is 8.68. The van der Waals surface area contributed by atoms with Crippen LogP contribution in [0.3, 0.4) is 0 Å². The molecule has 0 bridgehead atoms. The highest BCUT2D eigenvalue weighted by molar-refractivity contribution is 5.63. The minimum Gasteiger partial charge on any atom is -0.384 e. The number of aromatic nitrogens is 4. The molecular formula is C9H11N5. The minimum atomic E-state index is 0.628. The van der Waals surface area contributed by atoms with E-state index >= 15 is 0 Å². The molecule has 0 aliphatic carbocycles. The highest BCUT2D eigenvalue weighted by atomic mass is 15.3. The Morgan fingerprint density at radius 1 is 1.43 bits per heavy atom. The number of anilines is 1. The third-order valence-electron chi connectivity index (χ3n) is 2.10. The summed E-state index contributed by atoms with van der Waals surface area (Å²) in [5.41, 5.74) is 8.31. The van der Waals surface area contributed by atoms with Crippen LogP contribution in [0.25, 0.3) is 11.3 Å². The fraction of sp³-hybridized carbons (Fsp3) is 0.222. The van der Waals surface area contributed by atoms with Gasteiger partial charge in [0.1, 0.15) is 12.1 Å². The van der Waals surface area contributed by atoms with E-state index in [1.807, 2.05) is 13.0 Å². The predicted molar refractivity (Wildman–Crippen MR) is 53.4 cm³/mol. The van der Waals surface area contributed by atoms with Crippen LogP contribution in [0.5, 0.6) is 0 Å². The van der Waals surface area contributed by atoms with Gasteiger partial charge in [0.2, 0.25) is 0 Å². The van der Waals surface area contributed by atoms with Crippen molar-refractivity contribution < 1.29 is 0 Å². The molecular weight excluding hydrogens is 178 g/mol. The summed E-state index contributed by atoms with van der Waals surface area (Å²) in [5.74, 6) is 0.628. The van der Waals surface area contributed by atoms with Crippen LogP contribution in [0.15, 0.2) is 18.6 Å². The van der Waals surface area contributed by atoms with E-state index in [1.165, 1.54) is 6.33 Å². The van der Waals surface area contributed by atoms with E-state index in [2.05, 4.69) is 15.1 Å². The van der Waals surface area contributed by atoms with Gasteiger partial charge in [0.05, 0.1) is 11.4 Å². The van der Waals surface area contributed by atoms with Gasteiger partial charge in [0.15, 0.2) is 0 Å². The van der Waals surface area contributed by atoms with Gasteiger partial charge in [-0.25, -0.2) is 9.97 Å². The summed E-state index contributed by atoms with van der Waals surface area (Å²) in [6.07, 6.45) is 3.26. The van der Waals surface area contributed by atoms with Gasteiger partial charge >= 0.3 is 0 Å². The fourth-order valence-electron chi connectivity index (χ4n) is 1.26. The Hall–Kier alpha value is -1.91. The van der Waals surface area contributed by atoms with E-state index in [1.54, 1.807) is 17.9 Å². The molecule has 0 radical (unpaired) electrons. The molecule has 5 nitrogen and oxygen atoms in total. The van der Waals surface area contributed by atoms with Gasteiger partial charge in [-0.15, -0.1) is 0 Å². The normalized spacial score (nSPS) is 10.4. The van der Waals surface area contributed by atoms with Crippen molar-refractivity contribution in [2.45, 2.75) is 6.92 Å². The van der Waals surface area contributed by atoms with Gasteiger partial charge < -0.3 is 5.73 Å². The molecule has 2 N–H and O–H groups in total. The number of nitrogens with two attached hydrogens (primary N) is 1. The maximum absolute atomic E-state index is 5.69. The first-order chi connectivity index (χ1) is 6.68. The Morgan fingerprint density at radius 3 is 2.79 bits per heavy atom. The van der Waals surface area contributed by atoms with E-state index in [9.17, 15) is 0 Å². The SMILES string of the molecule is Cc1ncncc1-c1cc(N)n(C)n1. The molecule has 14 heavy (non-hydrogen) atoms. The average Bonchev–Trinajstić information content (AvgIpc) is 2.48. The summed E-state index contributed by atoms with van der Waals surface area (Å²) >= 11 is 0. The lowest BCUT2D eigenvalue weighted by atomic mass is 10.2. The van der Waals surface area contributed by atoms with Crippen LogP contribution in [-0.4, -0.2) is 19.7 Å². The second kappa shape index (κ2) is 3.10. The average molecular weight is 189 g/mol. The first-order valence-corrected chi connectivity index (χ1v) is 4.25. The topological polar surface area (TPSA) is 69.6 Å². The highest BCUT2D eigenvalue weighted by Gasteiger charge is 2.07. The van der Waals surface area contributed by atoms with Crippen LogP contribution in [0.4, 0.5) is 5.82 Å². The van der Waals surface area contributed by atoms with Crippen molar-refractivity contribution in [1.82, 2.24) is 19.7 Å². The lowest BCUT2D eigenvalue weighted by Gasteiger charge is -1.98. The molecule has 0 fully saturated rings. The molecule has 5 heteroatoms. The molecule has 2 aromatic heterocycles. The molecule has 2 heterocycles. The zero-order chi connectivity index (χ0) is 10.1. The Morgan fingerprint density at radius 2 is 2.21 bits per heavy atom. The van der Waals surface area contributed by atoms with E-state index < -0.39 is 0 Å². The zero-order valence-corrected chi connectivity index (χ0v) is 8.10. The predicted octanol–water partition coefficient (Wildman–Crippen LogP) is 0.768. The Balaban J connectivity index is 2.55. The number of rotatable bonds is 1. The molecule has 0 saturated heterocycles. The van der Waals surface area contributed by atoms with Crippen molar-refractivity contribution in [1.29, 1.82) is 0 Å². The molecule has 0 aromatic carbocycles. The van der Waals surface area contributed by atoms with Gasteiger partial charge in [-0.05, 0) is 6.92 Å². The van der Waals surface area contributed by atoms with Crippen LogP contribution < -0.4 is 5.73 Å². The summed E-state index contributed by atoms with van der Waals surface area (Å²) in [4.78, 5) is 8.05. The Labute approximate surface area is 81.6 Å². The fourth-order valence-corrected chi connectivity index (χ4v) is 1.26. The molecule has 0 aliphatic rings. The van der Waals surface area contributed by atoms with Crippen molar-refractivity contribution in [3.63, 3.8) is 0 Å². The summed E-state index contributed by atoms with van der Waals surface area (Å²) in [5, 5.41) is 4.25. The van der Waals surface area contributed by atoms with E-state index in [4.69, 9.17) is 5.73 Å². The molecule has 0 unspecified atom stereocenters. The van der Waals surface area contributed by atoms with Gasteiger partial charge in [0.25, 0.3) is 0 Å². The number of hydrogen-bond donors (Lipinski definition) is 1. The van der Waals surface area contributed by atoms with E-state index in [0.717, 1.165) is 17.0 Å². The van der Waals surface area contributed by atoms with Gasteiger partial charge in [0, 0.05) is 24.9 Å². The monoisotopic (exact) mass is 189 g/mol. The molecule has 2 aromatic rings. The van der Waals surface area contributed by atoms with Crippen molar-refractivity contribution in [2.75, 3.05) is 5.73 Å². The van der Waals surface area contributed by atoms with Crippen LogP contribution in [-0.2, 0) is 7.05 Å². The Kier molecular flexibility index (Phi) is 1.92. The summed E-state index contributed by atoms with van der Waals surface area (Å²) in [6, 6.07) is 1.81. The second-order valence-corrected chi connectivity index (χ2v) is 3.10. The summed E-state index contributed by atoms with van der Waals surface area (Å²) < 4.78 is 1.63. The molecule has 72 valence electrons. The van der Waals surface area contributed by atoms with Gasteiger partial charge in [-0.1, -0.05) is 0 Å². The first-order valence-electron chi connectivity index (χ1n) is 4.25. The van der Waals surface area contributed by atoms with Gasteiger partial charge in [-0.3, -0.25) is 4.68 Å². The number of aryl methyl sites for hydroxylation is 2. The standard InChI is InChI=1S/C9H11N5/c1-6-7(4-11-5-12-6)8-3-9(10)14(2)13-8/h3-5H,10H2,1-2H3. The molecule has 0 saturated carbocycles. The third-order valence-corrected chi connectivity index (χ3v) is 2.10. The minimum absolute atomic E-state index is 0.628. The highest BCUT2D eigenvalue weighted by Crippen LogP contribution is 2.20. The second-order valence-electron chi connectivity index (χ2n) is 3.10. The van der Waals surface area contributed by atoms with Crippen LogP contribution in [0.1, 0.15) is 5.69 Å². The molecule has 0 spiro atoms. The van der Waals surface area contributed by atoms with E-state index in [0.29, 0.717) is 5.82 Å². The molecule has 0 atom stereocenters. The van der Waals surface area contributed by atoms with Gasteiger partial charge in [-0.2, -0.15) is 5.10 Å². The maximum atomic E-state index is 5.69. The van der Waals surface area contributed by atoms with Crippen molar-refractivity contribution in [3.05, 3.63) is 24.3 Å². The third kappa shape index (κ3) is 1.32. The smallest absolute Gasteiger partial charge is 0.121 e. The summed E-state index contributed by atoms with van der Waals surface area (Å²) in [6.45, 7) is 1.92. The van der Waals surface area contributed by atoms with Crippen LogP contribution in [0, 0.1) is 6.92 Å². The maximum Gasteiger partial charge on any atom is 0.121 e. The van der Waals surface area contributed by atoms with E-state index in [-0.39, 0.29) is 0 Å². The lowest BCUT2D eigenvalue weighted by Crippen LogP contribution is -1.96. The van der Waals surface area contributed by atoms with Crippen molar-refractivity contribution in [3.8, 4) is 11.3 Å². The van der Waals surface area contributed by atoms with Crippen LogP contribution in [0.2, 0.25) is 0 Å². The number of nitrogens with zero attached hydrogens (tertiary/aromatic N) is 4. The molecule has 0 aliphatic heterocycles. The summed E-state index contributed by atoms with van der Waals surface area (Å²) in [7, 11) is 1.80.